The van der Waals surface area contributed by atoms with Crippen LogP contribution in [0, 0.1) is 11.8 Å². The summed E-state index contributed by atoms with van der Waals surface area (Å²) in [7, 11) is 0. The summed E-state index contributed by atoms with van der Waals surface area (Å²) in [5.41, 5.74) is 0.961. The van der Waals surface area contributed by atoms with Crippen LogP contribution in [0.25, 0.3) is 0 Å². The highest BCUT2D eigenvalue weighted by Crippen LogP contribution is 2.23. The van der Waals surface area contributed by atoms with Gasteiger partial charge in [-0.3, -0.25) is 0 Å². The summed E-state index contributed by atoms with van der Waals surface area (Å²) in [6.07, 6.45) is 2.12. The summed E-state index contributed by atoms with van der Waals surface area (Å²) in [6.45, 7) is 8.78. The molecule has 0 fully saturated rings. The molecule has 1 rings (SSSR count). The second-order valence-electron chi connectivity index (χ2n) is 6.10. The maximum Gasteiger partial charge on any atom is 0.337 e. The van der Waals surface area contributed by atoms with Gasteiger partial charge < -0.3 is 10.4 Å². The van der Waals surface area contributed by atoms with E-state index in [9.17, 15) is 4.79 Å². The Morgan fingerprint density at radius 2 is 1.75 bits per heavy atom. The van der Waals surface area contributed by atoms with Crippen molar-refractivity contribution in [3.05, 3.63) is 28.8 Å². The first kappa shape index (κ1) is 16.8. The second kappa shape index (κ2) is 7.53. The van der Waals surface area contributed by atoms with Crippen molar-refractivity contribution < 1.29 is 9.90 Å². The predicted molar refractivity (Wildman–Crippen MR) is 84.7 cm³/mol. The van der Waals surface area contributed by atoms with Gasteiger partial charge in [-0.2, -0.15) is 0 Å². The van der Waals surface area contributed by atoms with E-state index in [0.717, 1.165) is 18.5 Å². The van der Waals surface area contributed by atoms with Gasteiger partial charge >= 0.3 is 5.97 Å². The molecule has 0 unspecified atom stereocenters. The minimum absolute atomic E-state index is 0.143. The van der Waals surface area contributed by atoms with Gasteiger partial charge in [-0.25, -0.2) is 4.79 Å². The maximum atomic E-state index is 11.1. The zero-order valence-electron chi connectivity index (χ0n) is 12.6. The number of anilines is 1. The largest absolute Gasteiger partial charge is 0.478 e. The quantitative estimate of drug-likeness (QED) is 0.751. The number of nitrogens with one attached hydrogen (secondary N) is 1. The standard InChI is InChI=1S/C16H24ClNO2/c1-10(2)7-13(8-11(3)4)18-12-5-6-15(17)14(9-12)16(19)20/h5-6,9-11,13,18H,7-8H2,1-4H3,(H,19,20). The molecule has 0 saturated heterocycles. The number of hydrogen-bond donors (Lipinski definition) is 2. The van der Waals surface area contributed by atoms with E-state index in [0.29, 0.717) is 17.9 Å². The van der Waals surface area contributed by atoms with Crippen molar-refractivity contribution in [3.63, 3.8) is 0 Å². The molecule has 1 aromatic rings. The first-order valence-corrected chi connectivity index (χ1v) is 7.46. The van der Waals surface area contributed by atoms with E-state index >= 15 is 0 Å². The topological polar surface area (TPSA) is 49.3 Å². The van der Waals surface area contributed by atoms with Gasteiger partial charge in [0.15, 0.2) is 0 Å². The van der Waals surface area contributed by atoms with E-state index in [1.165, 1.54) is 0 Å². The average Bonchev–Trinajstić information content (AvgIpc) is 2.29. The first-order valence-electron chi connectivity index (χ1n) is 7.09. The molecule has 0 bridgehead atoms. The predicted octanol–water partition coefficient (Wildman–Crippen LogP) is 4.91. The lowest BCUT2D eigenvalue weighted by molar-refractivity contribution is 0.0697. The molecule has 0 aromatic heterocycles. The third-order valence-corrected chi connectivity index (χ3v) is 3.41. The van der Waals surface area contributed by atoms with Crippen LogP contribution in [0.1, 0.15) is 50.9 Å². The molecule has 0 saturated carbocycles. The fourth-order valence-electron chi connectivity index (χ4n) is 2.37. The van der Waals surface area contributed by atoms with Crippen molar-refractivity contribution in [1.82, 2.24) is 0 Å². The Morgan fingerprint density at radius 1 is 1.20 bits per heavy atom. The van der Waals surface area contributed by atoms with Crippen molar-refractivity contribution in [2.75, 3.05) is 5.32 Å². The van der Waals surface area contributed by atoms with Gasteiger partial charge in [0.05, 0.1) is 10.6 Å². The normalized spacial score (nSPS) is 11.4. The van der Waals surface area contributed by atoms with Gasteiger partial charge in [0.1, 0.15) is 0 Å². The fourth-order valence-corrected chi connectivity index (χ4v) is 2.57. The van der Waals surface area contributed by atoms with E-state index in [2.05, 4.69) is 33.0 Å². The molecule has 0 aliphatic carbocycles. The molecule has 1 aromatic carbocycles. The van der Waals surface area contributed by atoms with E-state index in [-0.39, 0.29) is 10.6 Å². The molecular weight excluding hydrogens is 274 g/mol. The molecule has 0 radical (unpaired) electrons. The minimum Gasteiger partial charge on any atom is -0.478 e. The summed E-state index contributed by atoms with van der Waals surface area (Å²) < 4.78 is 0. The summed E-state index contributed by atoms with van der Waals surface area (Å²) in [6, 6.07) is 5.42. The Bertz CT molecular complexity index is 448. The summed E-state index contributed by atoms with van der Waals surface area (Å²) in [4.78, 5) is 11.1. The van der Waals surface area contributed by atoms with Crippen molar-refractivity contribution in [3.8, 4) is 0 Å². The third kappa shape index (κ3) is 5.41. The number of carboxylic acids is 1. The molecule has 0 aliphatic heterocycles. The summed E-state index contributed by atoms with van der Waals surface area (Å²) >= 11 is 5.89. The maximum absolute atomic E-state index is 11.1. The Balaban J connectivity index is 2.87. The summed E-state index contributed by atoms with van der Waals surface area (Å²) in [5.74, 6) is 0.193. The molecule has 0 amide bonds. The van der Waals surface area contributed by atoms with Crippen molar-refractivity contribution in [2.45, 2.75) is 46.6 Å². The minimum atomic E-state index is -0.997. The highest BCUT2D eigenvalue weighted by atomic mass is 35.5. The molecule has 2 N–H and O–H groups in total. The highest BCUT2D eigenvalue weighted by Gasteiger charge is 2.15. The number of hydrogen-bond acceptors (Lipinski definition) is 2. The Labute approximate surface area is 126 Å². The van der Waals surface area contributed by atoms with Crippen LogP contribution in [-0.4, -0.2) is 17.1 Å². The van der Waals surface area contributed by atoms with Crippen LogP contribution in [0.4, 0.5) is 5.69 Å². The SMILES string of the molecule is CC(C)CC(CC(C)C)Nc1ccc(Cl)c(C(=O)O)c1. The Hall–Kier alpha value is -1.22. The van der Waals surface area contributed by atoms with Gasteiger partial charge in [-0.15, -0.1) is 0 Å². The average molecular weight is 298 g/mol. The first-order chi connectivity index (χ1) is 9.29. The van der Waals surface area contributed by atoms with Crippen LogP contribution in [0.5, 0.6) is 0 Å². The van der Waals surface area contributed by atoms with E-state index < -0.39 is 5.97 Å². The number of benzene rings is 1. The van der Waals surface area contributed by atoms with Gasteiger partial charge in [0.25, 0.3) is 0 Å². The van der Waals surface area contributed by atoms with Crippen LogP contribution in [0.3, 0.4) is 0 Å². The van der Waals surface area contributed by atoms with E-state index in [1.807, 2.05) is 6.07 Å². The highest BCUT2D eigenvalue weighted by molar-refractivity contribution is 6.33. The molecule has 4 heteroatoms. The Morgan fingerprint density at radius 3 is 2.20 bits per heavy atom. The zero-order chi connectivity index (χ0) is 15.3. The van der Waals surface area contributed by atoms with Gasteiger partial charge in [0.2, 0.25) is 0 Å². The second-order valence-corrected chi connectivity index (χ2v) is 6.51. The fraction of sp³-hybridized carbons (Fsp3) is 0.562. The molecule has 3 nitrogen and oxygen atoms in total. The monoisotopic (exact) mass is 297 g/mol. The molecule has 0 atom stereocenters. The van der Waals surface area contributed by atoms with Gasteiger partial charge in [-0.1, -0.05) is 39.3 Å². The van der Waals surface area contributed by atoms with Crippen LogP contribution in [0.2, 0.25) is 5.02 Å². The lowest BCUT2D eigenvalue weighted by Crippen LogP contribution is -2.23. The van der Waals surface area contributed by atoms with Gasteiger partial charge in [0, 0.05) is 11.7 Å². The molecule has 0 aliphatic rings. The van der Waals surface area contributed by atoms with Crippen molar-refractivity contribution in [1.29, 1.82) is 0 Å². The number of halogens is 1. The lowest BCUT2D eigenvalue weighted by Gasteiger charge is -2.23. The number of carbonyl (C=O) groups is 1. The number of carboxylic acid groups (broad SMARTS) is 1. The Kier molecular flexibility index (Phi) is 6.34. The van der Waals surface area contributed by atoms with Crippen molar-refractivity contribution in [2.24, 2.45) is 11.8 Å². The molecule has 0 heterocycles. The lowest BCUT2D eigenvalue weighted by atomic mass is 9.95. The van der Waals surface area contributed by atoms with Crippen LogP contribution in [-0.2, 0) is 0 Å². The van der Waals surface area contributed by atoms with E-state index in [1.54, 1.807) is 12.1 Å². The number of rotatable bonds is 7. The van der Waals surface area contributed by atoms with E-state index in [4.69, 9.17) is 16.7 Å². The molecular formula is C16H24ClNO2. The smallest absolute Gasteiger partial charge is 0.337 e. The van der Waals surface area contributed by atoms with Gasteiger partial charge in [-0.05, 0) is 42.9 Å². The van der Waals surface area contributed by atoms with Crippen LogP contribution >= 0.6 is 11.6 Å². The molecule has 112 valence electrons. The van der Waals surface area contributed by atoms with Crippen LogP contribution in [0.15, 0.2) is 18.2 Å². The number of aromatic carboxylic acids is 1. The molecule has 0 spiro atoms. The molecule has 20 heavy (non-hydrogen) atoms. The summed E-state index contributed by atoms with van der Waals surface area (Å²) in [5, 5.41) is 12.8. The van der Waals surface area contributed by atoms with Crippen LogP contribution < -0.4 is 5.32 Å². The van der Waals surface area contributed by atoms with Crippen molar-refractivity contribution >= 4 is 23.3 Å². The zero-order valence-corrected chi connectivity index (χ0v) is 13.4. The third-order valence-electron chi connectivity index (χ3n) is 3.08.